The van der Waals surface area contributed by atoms with Gasteiger partial charge in [0, 0.05) is 26.9 Å². The first kappa shape index (κ1) is 19.8. The van der Waals surface area contributed by atoms with Crippen molar-refractivity contribution in [2.45, 2.75) is 13.3 Å². The highest BCUT2D eigenvalue weighted by Gasteiger charge is 1.93. The minimum atomic E-state index is 0.593. The average molecular weight is 294 g/mol. The molecule has 0 aliphatic heterocycles. The van der Waals surface area contributed by atoms with Crippen molar-refractivity contribution >= 4 is 0 Å². The highest BCUT2D eigenvalue weighted by atomic mass is 16.6. The molecule has 0 aromatic carbocycles. The molecule has 0 aliphatic rings. The second kappa shape index (κ2) is 18.8. The maximum atomic E-state index is 5.40. The van der Waals surface area contributed by atoms with Crippen LogP contribution in [0.1, 0.15) is 13.3 Å². The molecule has 122 valence electrons. The van der Waals surface area contributed by atoms with Gasteiger partial charge in [-0.25, -0.2) is 0 Å². The Hall–Kier alpha value is -0.240. The van der Waals surface area contributed by atoms with E-state index in [0.29, 0.717) is 66.1 Å². The topological polar surface area (TPSA) is 55.4 Å². The molecule has 0 heterocycles. The molecule has 6 heteroatoms. The first-order valence-corrected chi connectivity index (χ1v) is 7.29. The Bertz CT molecular complexity index is 150. The number of methoxy groups -OCH3 is 1. The van der Waals surface area contributed by atoms with Gasteiger partial charge in [-0.1, -0.05) is 0 Å². The van der Waals surface area contributed by atoms with E-state index in [1.807, 2.05) is 6.92 Å². The molecule has 0 aromatic heterocycles. The fraction of sp³-hybridized carbons (Fsp3) is 1.00. The van der Waals surface area contributed by atoms with Crippen LogP contribution < -0.4 is 0 Å². The Morgan fingerprint density at radius 3 is 1.35 bits per heavy atom. The van der Waals surface area contributed by atoms with Gasteiger partial charge in [-0.05, 0) is 13.3 Å². The van der Waals surface area contributed by atoms with E-state index >= 15 is 0 Å². The van der Waals surface area contributed by atoms with Gasteiger partial charge in [-0.15, -0.1) is 0 Å². The van der Waals surface area contributed by atoms with E-state index in [2.05, 4.69) is 0 Å². The maximum Gasteiger partial charge on any atom is 0.0701 e. The summed E-state index contributed by atoms with van der Waals surface area (Å²) in [7, 11) is 1.66. The van der Waals surface area contributed by atoms with E-state index < -0.39 is 0 Å². The summed E-state index contributed by atoms with van der Waals surface area (Å²) in [5.41, 5.74) is 0. The molecule has 0 atom stereocenters. The van der Waals surface area contributed by atoms with Crippen LogP contribution in [0.25, 0.3) is 0 Å². The lowest BCUT2D eigenvalue weighted by Crippen LogP contribution is -2.12. The minimum absolute atomic E-state index is 0.593. The number of rotatable bonds is 17. The first-order chi connectivity index (χ1) is 9.91. The molecular formula is C14H30O6. The van der Waals surface area contributed by atoms with Crippen molar-refractivity contribution in [1.82, 2.24) is 0 Å². The molecule has 0 unspecified atom stereocenters. The number of ether oxygens (including phenoxy) is 6. The van der Waals surface area contributed by atoms with Crippen LogP contribution in [-0.2, 0) is 28.4 Å². The van der Waals surface area contributed by atoms with Gasteiger partial charge in [0.15, 0.2) is 0 Å². The summed E-state index contributed by atoms with van der Waals surface area (Å²) in [5, 5.41) is 0. The highest BCUT2D eigenvalue weighted by molar-refractivity contribution is 4.37. The van der Waals surface area contributed by atoms with Crippen molar-refractivity contribution in [1.29, 1.82) is 0 Å². The fourth-order valence-electron chi connectivity index (χ4n) is 1.31. The highest BCUT2D eigenvalue weighted by Crippen LogP contribution is 1.87. The second-order valence-corrected chi connectivity index (χ2v) is 3.99. The first-order valence-electron chi connectivity index (χ1n) is 7.29. The van der Waals surface area contributed by atoms with Crippen molar-refractivity contribution in [3.8, 4) is 0 Å². The Kier molecular flexibility index (Phi) is 18.5. The summed E-state index contributed by atoms with van der Waals surface area (Å²) in [6.07, 6.45) is 0.893. The predicted octanol–water partition coefficient (Wildman–Crippen LogP) is 1.13. The Morgan fingerprint density at radius 1 is 0.500 bits per heavy atom. The number of hydrogen-bond donors (Lipinski definition) is 0. The molecule has 0 aromatic rings. The summed E-state index contributed by atoms with van der Waals surface area (Å²) in [5.74, 6) is 0. The Morgan fingerprint density at radius 2 is 0.900 bits per heavy atom. The molecule has 0 N–H and O–H groups in total. The van der Waals surface area contributed by atoms with E-state index in [9.17, 15) is 0 Å². The third-order valence-electron chi connectivity index (χ3n) is 2.33. The largest absolute Gasteiger partial charge is 0.382 e. The molecule has 0 aliphatic carbocycles. The summed E-state index contributed by atoms with van der Waals surface area (Å²) in [4.78, 5) is 0. The zero-order chi connectivity index (χ0) is 14.7. The van der Waals surface area contributed by atoms with Crippen LogP contribution >= 0.6 is 0 Å². The van der Waals surface area contributed by atoms with Crippen LogP contribution in [0, 0.1) is 0 Å². The van der Waals surface area contributed by atoms with Gasteiger partial charge in [0.1, 0.15) is 0 Å². The third kappa shape index (κ3) is 17.8. The van der Waals surface area contributed by atoms with E-state index in [1.54, 1.807) is 7.11 Å². The van der Waals surface area contributed by atoms with E-state index in [4.69, 9.17) is 28.4 Å². The van der Waals surface area contributed by atoms with Crippen LogP contribution in [0.15, 0.2) is 0 Å². The zero-order valence-corrected chi connectivity index (χ0v) is 12.9. The van der Waals surface area contributed by atoms with Crippen molar-refractivity contribution in [2.75, 3.05) is 79.8 Å². The molecule has 0 rings (SSSR count). The minimum Gasteiger partial charge on any atom is -0.382 e. The van der Waals surface area contributed by atoms with E-state index in [1.165, 1.54) is 0 Å². The monoisotopic (exact) mass is 294 g/mol. The standard InChI is InChI=1S/C14H30O6/c1-3-16-9-10-19-13-14-20-12-11-18-6-4-5-17-8-7-15-2/h3-14H2,1-2H3. The van der Waals surface area contributed by atoms with Crippen LogP contribution in [0.5, 0.6) is 0 Å². The van der Waals surface area contributed by atoms with Gasteiger partial charge in [0.05, 0.1) is 52.9 Å². The normalized spacial score (nSPS) is 11.1. The molecule has 0 bridgehead atoms. The van der Waals surface area contributed by atoms with Gasteiger partial charge >= 0.3 is 0 Å². The van der Waals surface area contributed by atoms with Gasteiger partial charge < -0.3 is 28.4 Å². The molecular weight excluding hydrogens is 264 g/mol. The van der Waals surface area contributed by atoms with E-state index in [-0.39, 0.29) is 0 Å². The number of hydrogen-bond acceptors (Lipinski definition) is 6. The van der Waals surface area contributed by atoms with Gasteiger partial charge in [0.25, 0.3) is 0 Å². The Labute approximate surface area is 122 Å². The van der Waals surface area contributed by atoms with Crippen LogP contribution in [-0.4, -0.2) is 79.8 Å². The van der Waals surface area contributed by atoms with Crippen LogP contribution in [0.2, 0.25) is 0 Å². The third-order valence-corrected chi connectivity index (χ3v) is 2.33. The molecule has 0 fully saturated rings. The van der Waals surface area contributed by atoms with Crippen molar-refractivity contribution in [3.05, 3.63) is 0 Å². The van der Waals surface area contributed by atoms with Crippen LogP contribution in [0.4, 0.5) is 0 Å². The quantitative estimate of drug-likeness (QED) is 0.375. The zero-order valence-electron chi connectivity index (χ0n) is 12.9. The lowest BCUT2D eigenvalue weighted by Gasteiger charge is -2.07. The molecule has 0 spiro atoms. The summed E-state index contributed by atoms with van der Waals surface area (Å²) < 4.78 is 31.4. The second-order valence-electron chi connectivity index (χ2n) is 3.99. The molecule has 20 heavy (non-hydrogen) atoms. The molecule has 0 saturated heterocycles. The van der Waals surface area contributed by atoms with E-state index in [0.717, 1.165) is 13.0 Å². The molecule has 0 amide bonds. The van der Waals surface area contributed by atoms with Crippen molar-refractivity contribution < 1.29 is 28.4 Å². The summed E-state index contributed by atoms with van der Waals surface area (Å²) in [6.45, 7) is 9.04. The maximum absolute atomic E-state index is 5.40. The van der Waals surface area contributed by atoms with Crippen molar-refractivity contribution in [3.63, 3.8) is 0 Å². The summed E-state index contributed by atoms with van der Waals surface area (Å²) >= 11 is 0. The van der Waals surface area contributed by atoms with Gasteiger partial charge in [-0.3, -0.25) is 0 Å². The lowest BCUT2D eigenvalue weighted by molar-refractivity contribution is -0.00397. The molecule has 0 radical (unpaired) electrons. The van der Waals surface area contributed by atoms with Gasteiger partial charge in [0.2, 0.25) is 0 Å². The lowest BCUT2D eigenvalue weighted by atomic mass is 10.5. The van der Waals surface area contributed by atoms with Gasteiger partial charge in [-0.2, -0.15) is 0 Å². The summed E-state index contributed by atoms with van der Waals surface area (Å²) in [6, 6.07) is 0. The molecule has 6 nitrogen and oxygen atoms in total. The smallest absolute Gasteiger partial charge is 0.0701 e. The fourth-order valence-corrected chi connectivity index (χ4v) is 1.31. The Balaban J connectivity index is 2.89. The van der Waals surface area contributed by atoms with Crippen molar-refractivity contribution in [2.24, 2.45) is 0 Å². The SMILES string of the molecule is CCOCCOCCOCCOCCCOCCOC. The predicted molar refractivity (Wildman–Crippen MR) is 76.3 cm³/mol. The molecule has 0 saturated carbocycles. The average Bonchev–Trinajstić information content (AvgIpc) is 2.47. The van der Waals surface area contributed by atoms with Crippen LogP contribution in [0.3, 0.4) is 0 Å².